The van der Waals surface area contributed by atoms with Crippen molar-refractivity contribution in [1.82, 2.24) is 0 Å². The van der Waals surface area contributed by atoms with E-state index in [-0.39, 0.29) is 37.5 Å². The standard InChI is InChI=1S/C68H106O6/c1-4-7-10-13-16-19-22-24-26-28-30-32-34-36-38-40-42-44-46-49-52-55-58-61-67(70)73-64-65(63-72-66(69)60-57-54-51-48-21-18-15-12-9-6-3)74-68(71)62-59-56-53-50-47-45-43-41-39-37-35-33-31-29-27-25-23-20-17-14-11-8-5-2/h7-8,10-12,15-17,19-20,24-27,30-33,36-39,42-45,65H,4-6,9,13-14,18,21-23,28-29,34-35,40-41,46-64H2,1-3H3/b10-7-,11-8-,15-12-,19-16-,20-17-,26-24-,27-25-,32-30-,33-31-,38-36-,39-37-,44-42-,45-43-. The molecule has 0 spiro atoms. The number of unbranched alkanes of at least 4 members (excludes halogenated alkanes) is 14. The molecule has 1 atom stereocenters. The molecule has 74 heavy (non-hydrogen) atoms. The zero-order chi connectivity index (χ0) is 53.6. The monoisotopic (exact) mass is 1020 g/mol. The van der Waals surface area contributed by atoms with Crippen LogP contribution >= 0.6 is 0 Å². The van der Waals surface area contributed by atoms with Gasteiger partial charge in [0, 0.05) is 19.3 Å². The van der Waals surface area contributed by atoms with Gasteiger partial charge in [0.25, 0.3) is 0 Å². The molecule has 6 heteroatoms. The summed E-state index contributed by atoms with van der Waals surface area (Å²) in [6.07, 6.45) is 88.1. The highest BCUT2D eigenvalue weighted by atomic mass is 16.6. The third-order valence-electron chi connectivity index (χ3n) is 11.7. The highest BCUT2D eigenvalue weighted by Gasteiger charge is 2.19. The van der Waals surface area contributed by atoms with Crippen molar-refractivity contribution in [3.8, 4) is 0 Å². The summed E-state index contributed by atoms with van der Waals surface area (Å²) >= 11 is 0. The Hall–Kier alpha value is -4.97. The van der Waals surface area contributed by atoms with Crippen molar-refractivity contribution in [3.63, 3.8) is 0 Å². The molecule has 0 saturated heterocycles. The fraction of sp³-hybridized carbons (Fsp3) is 0.574. The minimum absolute atomic E-state index is 0.109. The van der Waals surface area contributed by atoms with Crippen LogP contribution in [0.4, 0.5) is 0 Å². The van der Waals surface area contributed by atoms with Gasteiger partial charge in [-0.2, -0.15) is 0 Å². The number of esters is 3. The van der Waals surface area contributed by atoms with Crippen LogP contribution < -0.4 is 0 Å². The summed E-state index contributed by atoms with van der Waals surface area (Å²) < 4.78 is 16.8. The maximum Gasteiger partial charge on any atom is 0.306 e. The average Bonchev–Trinajstić information content (AvgIpc) is 3.40. The van der Waals surface area contributed by atoms with Crippen molar-refractivity contribution >= 4 is 17.9 Å². The second-order valence-corrected chi connectivity index (χ2v) is 18.8. The van der Waals surface area contributed by atoms with Crippen molar-refractivity contribution in [1.29, 1.82) is 0 Å². The third kappa shape index (κ3) is 57.9. The summed E-state index contributed by atoms with van der Waals surface area (Å²) in [6, 6.07) is 0. The van der Waals surface area contributed by atoms with E-state index >= 15 is 0 Å². The molecule has 0 amide bonds. The Morgan fingerprint density at radius 1 is 0.284 bits per heavy atom. The first-order chi connectivity index (χ1) is 36.5. The lowest BCUT2D eigenvalue weighted by Gasteiger charge is -2.18. The molecule has 0 heterocycles. The van der Waals surface area contributed by atoms with Crippen LogP contribution in [0.2, 0.25) is 0 Å². The van der Waals surface area contributed by atoms with Gasteiger partial charge in [0.2, 0.25) is 0 Å². The molecule has 0 aromatic rings. The second-order valence-electron chi connectivity index (χ2n) is 18.8. The molecule has 0 fully saturated rings. The summed E-state index contributed by atoms with van der Waals surface area (Å²) in [5, 5.41) is 0. The quantitative estimate of drug-likeness (QED) is 0.0261. The predicted octanol–water partition coefficient (Wildman–Crippen LogP) is 20.1. The first-order valence-corrected chi connectivity index (χ1v) is 29.5. The van der Waals surface area contributed by atoms with Gasteiger partial charge in [-0.15, -0.1) is 0 Å². The summed E-state index contributed by atoms with van der Waals surface area (Å²) in [4.78, 5) is 38.1. The molecule has 0 bridgehead atoms. The first kappa shape index (κ1) is 69.0. The van der Waals surface area contributed by atoms with Crippen LogP contribution in [0.15, 0.2) is 158 Å². The Balaban J connectivity index is 4.45. The van der Waals surface area contributed by atoms with Gasteiger partial charge in [0.05, 0.1) is 0 Å². The average molecular weight is 1020 g/mol. The maximum atomic E-state index is 12.9. The number of ether oxygens (including phenoxy) is 3. The number of rotatable bonds is 51. The van der Waals surface area contributed by atoms with Gasteiger partial charge < -0.3 is 14.2 Å². The van der Waals surface area contributed by atoms with Gasteiger partial charge in [0.15, 0.2) is 6.10 Å². The van der Waals surface area contributed by atoms with Crippen LogP contribution in [0.3, 0.4) is 0 Å². The normalized spacial score (nSPS) is 13.3. The minimum atomic E-state index is -0.814. The van der Waals surface area contributed by atoms with E-state index in [1.54, 1.807) is 0 Å². The molecule has 0 aromatic carbocycles. The number of carbonyl (C=O) groups excluding carboxylic acids is 3. The van der Waals surface area contributed by atoms with E-state index in [1.807, 2.05) is 0 Å². The Morgan fingerprint density at radius 3 is 0.838 bits per heavy atom. The SMILES string of the molecule is CC/C=C\C/C=C\C/C=C\C/C=C\C/C=C\C/C=C\CCCCCCC(=O)OCC(COC(=O)CCCCCCC/C=C\CCC)OC(=O)CCCCCC/C=C\C/C=C\C/C=C\C/C=C\C/C=C\C/C=C\CC. The molecular weight excluding hydrogens is 913 g/mol. The minimum Gasteiger partial charge on any atom is -0.462 e. The van der Waals surface area contributed by atoms with Crippen LogP contribution in [0.5, 0.6) is 0 Å². The Morgan fingerprint density at radius 2 is 0.527 bits per heavy atom. The molecule has 0 N–H and O–H groups in total. The van der Waals surface area contributed by atoms with Gasteiger partial charge in [0.1, 0.15) is 13.2 Å². The maximum absolute atomic E-state index is 12.9. The van der Waals surface area contributed by atoms with Crippen LogP contribution in [0.25, 0.3) is 0 Å². The molecule has 0 rings (SSSR count). The fourth-order valence-corrected chi connectivity index (χ4v) is 7.39. The highest BCUT2D eigenvalue weighted by molar-refractivity contribution is 5.71. The van der Waals surface area contributed by atoms with E-state index in [9.17, 15) is 14.4 Å². The molecule has 6 nitrogen and oxygen atoms in total. The van der Waals surface area contributed by atoms with Crippen molar-refractivity contribution in [2.45, 2.75) is 239 Å². The number of hydrogen-bond donors (Lipinski definition) is 0. The number of carbonyl (C=O) groups is 3. The van der Waals surface area contributed by atoms with E-state index in [4.69, 9.17) is 14.2 Å². The Bertz CT molecular complexity index is 1690. The van der Waals surface area contributed by atoms with E-state index in [0.29, 0.717) is 12.8 Å². The van der Waals surface area contributed by atoms with Gasteiger partial charge in [-0.3, -0.25) is 14.4 Å². The lowest BCUT2D eigenvalue weighted by Crippen LogP contribution is -2.30. The summed E-state index contributed by atoms with van der Waals surface area (Å²) in [5.41, 5.74) is 0. The zero-order valence-electron chi connectivity index (χ0n) is 47.3. The van der Waals surface area contributed by atoms with Crippen LogP contribution in [-0.4, -0.2) is 37.2 Å². The van der Waals surface area contributed by atoms with Gasteiger partial charge in [-0.25, -0.2) is 0 Å². The summed E-state index contributed by atoms with van der Waals surface area (Å²) in [7, 11) is 0. The van der Waals surface area contributed by atoms with E-state index in [2.05, 4.69) is 179 Å². The largest absolute Gasteiger partial charge is 0.462 e. The molecular formula is C68H106O6. The Labute approximate surface area is 454 Å². The number of hydrogen-bond acceptors (Lipinski definition) is 6. The molecule has 0 saturated carbocycles. The molecule has 414 valence electrons. The zero-order valence-corrected chi connectivity index (χ0v) is 47.3. The molecule has 0 radical (unpaired) electrons. The smallest absolute Gasteiger partial charge is 0.306 e. The topological polar surface area (TPSA) is 78.9 Å². The highest BCUT2D eigenvalue weighted by Crippen LogP contribution is 2.13. The van der Waals surface area contributed by atoms with Crippen molar-refractivity contribution in [2.75, 3.05) is 13.2 Å². The first-order valence-electron chi connectivity index (χ1n) is 29.5. The van der Waals surface area contributed by atoms with Crippen LogP contribution in [0.1, 0.15) is 233 Å². The van der Waals surface area contributed by atoms with Crippen molar-refractivity contribution in [3.05, 3.63) is 158 Å². The van der Waals surface area contributed by atoms with Crippen LogP contribution in [-0.2, 0) is 28.6 Å². The summed E-state index contributed by atoms with van der Waals surface area (Å²) in [5.74, 6) is -0.978. The second kappa shape index (κ2) is 60.6. The van der Waals surface area contributed by atoms with Crippen molar-refractivity contribution in [2.24, 2.45) is 0 Å². The van der Waals surface area contributed by atoms with E-state index in [0.717, 1.165) is 180 Å². The van der Waals surface area contributed by atoms with E-state index in [1.165, 1.54) is 12.8 Å². The lowest BCUT2D eigenvalue weighted by atomic mass is 10.1. The molecule has 0 aliphatic rings. The number of allylic oxidation sites excluding steroid dienone is 26. The third-order valence-corrected chi connectivity index (χ3v) is 11.7. The lowest BCUT2D eigenvalue weighted by molar-refractivity contribution is -0.167. The molecule has 0 aromatic heterocycles. The predicted molar refractivity (Wildman–Crippen MR) is 320 cm³/mol. The van der Waals surface area contributed by atoms with E-state index < -0.39 is 6.10 Å². The summed E-state index contributed by atoms with van der Waals surface area (Å²) in [6.45, 7) is 6.28. The van der Waals surface area contributed by atoms with Gasteiger partial charge >= 0.3 is 17.9 Å². The van der Waals surface area contributed by atoms with Crippen LogP contribution in [0, 0.1) is 0 Å². The Kier molecular flexibility index (Phi) is 56.5. The fourth-order valence-electron chi connectivity index (χ4n) is 7.39. The van der Waals surface area contributed by atoms with Crippen molar-refractivity contribution < 1.29 is 28.6 Å². The molecule has 0 aliphatic carbocycles. The van der Waals surface area contributed by atoms with Gasteiger partial charge in [-0.1, -0.05) is 230 Å². The van der Waals surface area contributed by atoms with Gasteiger partial charge in [-0.05, 0) is 141 Å². The molecule has 0 aliphatic heterocycles. The molecule has 1 unspecified atom stereocenters.